The van der Waals surface area contributed by atoms with Crippen molar-refractivity contribution in [1.82, 2.24) is 14.7 Å². The number of hydrogen-bond donors (Lipinski definition) is 1. The van der Waals surface area contributed by atoms with E-state index in [9.17, 15) is 13.9 Å². The van der Waals surface area contributed by atoms with Crippen molar-refractivity contribution in [1.29, 1.82) is 0 Å². The van der Waals surface area contributed by atoms with E-state index in [4.69, 9.17) is 0 Å². The molecule has 0 amide bonds. The molecule has 122 valence electrons. The Hall–Kier alpha value is -2.05. The van der Waals surface area contributed by atoms with Gasteiger partial charge in [0.25, 0.3) is 0 Å². The smallest absolute Gasteiger partial charge is 0.129 e. The number of rotatable bonds is 4. The van der Waals surface area contributed by atoms with Gasteiger partial charge in [-0.15, -0.1) is 0 Å². The second-order valence-corrected chi connectivity index (χ2v) is 5.76. The highest BCUT2D eigenvalue weighted by atomic mass is 19.1. The number of hydrogen-bond acceptors (Lipinski definition) is 3. The molecule has 1 aliphatic heterocycles. The third kappa shape index (κ3) is 3.48. The van der Waals surface area contributed by atoms with E-state index >= 15 is 0 Å². The highest BCUT2D eigenvalue weighted by Gasteiger charge is 2.20. The molecule has 23 heavy (non-hydrogen) atoms. The molecule has 0 saturated carbocycles. The third-order valence-corrected chi connectivity index (χ3v) is 4.19. The maximum Gasteiger partial charge on any atom is 0.129 e. The molecule has 6 heteroatoms. The molecule has 1 unspecified atom stereocenters. The Morgan fingerprint density at radius 3 is 2.78 bits per heavy atom. The maximum atomic E-state index is 13.7. The molecule has 4 nitrogen and oxygen atoms in total. The molecule has 0 spiro atoms. The largest absolute Gasteiger partial charge is 0.387 e. The first-order valence-corrected chi connectivity index (χ1v) is 7.57. The molecule has 0 fully saturated rings. The van der Waals surface area contributed by atoms with Crippen molar-refractivity contribution in [3.8, 4) is 0 Å². The van der Waals surface area contributed by atoms with Crippen LogP contribution in [-0.4, -0.2) is 39.4 Å². The minimum Gasteiger partial charge on any atom is -0.387 e. The van der Waals surface area contributed by atoms with E-state index in [1.54, 1.807) is 6.20 Å². The lowest BCUT2D eigenvalue weighted by atomic mass is 10.0. The van der Waals surface area contributed by atoms with Gasteiger partial charge in [0.1, 0.15) is 11.6 Å². The first-order valence-electron chi connectivity index (χ1n) is 7.57. The fourth-order valence-corrected chi connectivity index (χ4v) is 2.91. The summed E-state index contributed by atoms with van der Waals surface area (Å²) in [5.41, 5.74) is 2.31. The molecule has 0 saturated heterocycles. The van der Waals surface area contributed by atoms with Gasteiger partial charge in [0.2, 0.25) is 0 Å². The fourth-order valence-electron chi connectivity index (χ4n) is 2.91. The highest BCUT2D eigenvalue weighted by Crippen LogP contribution is 2.24. The van der Waals surface area contributed by atoms with Gasteiger partial charge in [-0.2, -0.15) is 5.10 Å². The zero-order chi connectivity index (χ0) is 16.4. The Morgan fingerprint density at radius 2 is 2.13 bits per heavy atom. The second kappa shape index (κ2) is 6.60. The number of β-amino-alcohol motifs (C(OH)–C–C–N with tert-alkyl or cyclic N) is 1. The summed E-state index contributed by atoms with van der Waals surface area (Å²) in [6.07, 6.45) is 3.64. The van der Waals surface area contributed by atoms with Gasteiger partial charge in [-0.3, -0.25) is 9.58 Å². The topological polar surface area (TPSA) is 41.3 Å². The van der Waals surface area contributed by atoms with Crippen molar-refractivity contribution in [3.05, 3.63) is 59.4 Å². The number of aliphatic hydroxyl groups excluding tert-OH is 1. The summed E-state index contributed by atoms with van der Waals surface area (Å²) in [5.74, 6) is -1.13. The van der Waals surface area contributed by atoms with Crippen molar-refractivity contribution in [2.75, 3.05) is 19.6 Å². The van der Waals surface area contributed by atoms with Crippen LogP contribution in [0, 0.1) is 11.6 Å². The van der Waals surface area contributed by atoms with Gasteiger partial charge < -0.3 is 5.11 Å². The van der Waals surface area contributed by atoms with Crippen LogP contribution >= 0.6 is 0 Å². The molecular formula is C17H19F2N3O. The van der Waals surface area contributed by atoms with Crippen molar-refractivity contribution in [2.24, 2.45) is 7.05 Å². The number of halogens is 2. The average molecular weight is 319 g/mol. The monoisotopic (exact) mass is 319 g/mol. The summed E-state index contributed by atoms with van der Waals surface area (Å²) < 4.78 is 28.8. The summed E-state index contributed by atoms with van der Waals surface area (Å²) in [4.78, 5) is 2.02. The molecule has 0 radical (unpaired) electrons. The minimum absolute atomic E-state index is 0.00594. The lowest BCUT2D eigenvalue weighted by Gasteiger charge is -2.28. The van der Waals surface area contributed by atoms with E-state index in [0.717, 1.165) is 36.9 Å². The Bertz CT molecular complexity index is 726. The molecule has 0 bridgehead atoms. The molecule has 3 rings (SSSR count). The van der Waals surface area contributed by atoms with Crippen LogP contribution in [0.3, 0.4) is 0 Å². The number of aromatic nitrogens is 2. The van der Waals surface area contributed by atoms with Gasteiger partial charge in [0, 0.05) is 38.4 Å². The Labute approximate surface area is 133 Å². The number of nitrogens with zero attached hydrogens (tertiary/aromatic N) is 3. The van der Waals surface area contributed by atoms with Gasteiger partial charge in [0.15, 0.2) is 0 Å². The van der Waals surface area contributed by atoms with E-state index in [1.165, 1.54) is 5.57 Å². The van der Waals surface area contributed by atoms with Crippen molar-refractivity contribution < 1.29 is 13.9 Å². The standard InChI is InChI=1S/C17H19F2N3O/c1-21-16(4-7-20-21)12-5-8-22(9-6-12)11-17(23)14-10-13(18)2-3-15(14)19/h2-5,7,10,17,23H,6,8-9,11H2,1H3. The first-order chi connectivity index (χ1) is 11.0. The summed E-state index contributed by atoms with van der Waals surface area (Å²) >= 11 is 0. The maximum absolute atomic E-state index is 13.7. The Kier molecular flexibility index (Phi) is 4.54. The molecular weight excluding hydrogens is 300 g/mol. The normalized spacial score (nSPS) is 17.1. The lowest BCUT2D eigenvalue weighted by molar-refractivity contribution is 0.115. The lowest BCUT2D eigenvalue weighted by Crippen LogP contribution is -2.33. The van der Waals surface area contributed by atoms with Crippen LogP contribution in [-0.2, 0) is 7.05 Å². The van der Waals surface area contributed by atoms with E-state index in [2.05, 4.69) is 11.2 Å². The molecule has 1 aliphatic rings. The molecule has 2 heterocycles. The Balaban J connectivity index is 1.65. The van der Waals surface area contributed by atoms with Gasteiger partial charge in [-0.1, -0.05) is 6.08 Å². The predicted molar refractivity (Wildman–Crippen MR) is 83.6 cm³/mol. The van der Waals surface area contributed by atoms with Gasteiger partial charge >= 0.3 is 0 Å². The third-order valence-electron chi connectivity index (χ3n) is 4.19. The van der Waals surface area contributed by atoms with Gasteiger partial charge in [0.05, 0.1) is 11.8 Å². The minimum atomic E-state index is -1.04. The molecule has 1 aromatic carbocycles. The van der Waals surface area contributed by atoms with Crippen LogP contribution in [0.4, 0.5) is 8.78 Å². The SMILES string of the molecule is Cn1nccc1C1=CCN(CC(O)c2cc(F)ccc2F)CC1. The van der Waals surface area contributed by atoms with Gasteiger partial charge in [-0.05, 0) is 36.3 Å². The quantitative estimate of drug-likeness (QED) is 0.941. The molecule has 0 aliphatic carbocycles. The summed E-state index contributed by atoms with van der Waals surface area (Å²) in [5, 5.41) is 14.4. The number of aliphatic hydroxyl groups is 1. The van der Waals surface area contributed by atoms with Crippen molar-refractivity contribution in [2.45, 2.75) is 12.5 Å². The summed E-state index contributed by atoms with van der Waals surface area (Å²) in [6, 6.07) is 5.12. The van der Waals surface area contributed by atoms with Crippen LogP contribution in [0.15, 0.2) is 36.5 Å². The van der Waals surface area contributed by atoms with Crippen LogP contribution in [0.2, 0.25) is 0 Å². The molecule has 2 aromatic rings. The van der Waals surface area contributed by atoms with E-state index in [1.807, 2.05) is 22.7 Å². The zero-order valence-electron chi connectivity index (χ0n) is 12.9. The van der Waals surface area contributed by atoms with Crippen LogP contribution < -0.4 is 0 Å². The van der Waals surface area contributed by atoms with Gasteiger partial charge in [-0.25, -0.2) is 8.78 Å². The number of aryl methyl sites for hydroxylation is 1. The van der Waals surface area contributed by atoms with Crippen LogP contribution in [0.5, 0.6) is 0 Å². The van der Waals surface area contributed by atoms with E-state index in [0.29, 0.717) is 6.54 Å². The van der Waals surface area contributed by atoms with Crippen LogP contribution in [0.1, 0.15) is 23.8 Å². The average Bonchev–Trinajstić information content (AvgIpc) is 2.96. The van der Waals surface area contributed by atoms with Crippen LogP contribution in [0.25, 0.3) is 5.57 Å². The summed E-state index contributed by atoms with van der Waals surface area (Å²) in [7, 11) is 1.90. The van der Waals surface area contributed by atoms with E-state index in [-0.39, 0.29) is 12.1 Å². The second-order valence-electron chi connectivity index (χ2n) is 5.76. The highest BCUT2D eigenvalue weighted by molar-refractivity contribution is 5.63. The fraction of sp³-hybridized carbons (Fsp3) is 0.353. The molecule has 1 aromatic heterocycles. The first kappa shape index (κ1) is 15.8. The van der Waals surface area contributed by atoms with Crippen molar-refractivity contribution >= 4 is 5.57 Å². The molecule has 1 atom stereocenters. The summed E-state index contributed by atoms with van der Waals surface area (Å²) in [6.45, 7) is 1.69. The number of benzene rings is 1. The Morgan fingerprint density at radius 1 is 1.30 bits per heavy atom. The van der Waals surface area contributed by atoms with Crippen molar-refractivity contribution in [3.63, 3.8) is 0 Å². The van der Waals surface area contributed by atoms with E-state index < -0.39 is 17.7 Å². The zero-order valence-corrected chi connectivity index (χ0v) is 12.9. The predicted octanol–water partition coefficient (Wildman–Crippen LogP) is 2.52. The molecule has 1 N–H and O–H groups in total.